The molecule has 1 rings (SSSR count). The van der Waals surface area contributed by atoms with Gasteiger partial charge in [-0.05, 0) is 5.56 Å². The van der Waals surface area contributed by atoms with E-state index in [-0.39, 0.29) is 12.3 Å². The number of nitrogens with zero attached hydrogens (tertiary/aromatic N) is 1. The molecule has 0 radical (unpaired) electrons. The summed E-state index contributed by atoms with van der Waals surface area (Å²) in [6.07, 6.45) is 1.04. The topological polar surface area (TPSA) is 69.4 Å². The second kappa shape index (κ2) is 4.90. The Morgan fingerprint density at radius 1 is 1.60 bits per heavy atom. The Bertz CT molecular complexity index is 400. The lowest BCUT2D eigenvalue weighted by Gasteiger charge is -2.01. The summed E-state index contributed by atoms with van der Waals surface area (Å²) in [5, 5.41) is 10.4. The Kier molecular flexibility index (Phi) is 3.56. The van der Waals surface area contributed by atoms with E-state index in [2.05, 4.69) is 6.58 Å². The van der Waals surface area contributed by atoms with Crippen LogP contribution in [0.2, 0.25) is 0 Å². The summed E-state index contributed by atoms with van der Waals surface area (Å²) >= 11 is 0. The van der Waals surface area contributed by atoms with Gasteiger partial charge in [0.15, 0.2) is 0 Å². The number of hydrogen-bond donors (Lipinski definition) is 0. The van der Waals surface area contributed by atoms with Crippen molar-refractivity contribution in [2.75, 3.05) is 0 Å². The molecule has 0 heterocycles. The molecule has 1 aromatic carbocycles. The quantitative estimate of drug-likeness (QED) is 0.327. The van der Waals surface area contributed by atoms with Crippen molar-refractivity contribution >= 4 is 11.7 Å². The molecule has 0 unspecified atom stereocenters. The lowest BCUT2D eigenvalue weighted by Crippen LogP contribution is -2.00. The number of benzene rings is 1. The summed E-state index contributed by atoms with van der Waals surface area (Å²) in [5.74, 6) is -0.554. The van der Waals surface area contributed by atoms with Crippen molar-refractivity contribution in [3.8, 4) is 0 Å². The fourth-order valence-corrected chi connectivity index (χ4v) is 0.973. The molecular formula is C10H9NO4. The van der Waals surface area contributed by atoms with E-state index in [1.807, 2.05) is 0 Å². The van der Waals surface area contributed by atoms with Crippen molar-refractivity contribution in [2.45, 2.75) is 6.61 Å². The molecule has 5 heteroatoms. The van der Waals surface area contributed by atoms with Crippen LogP contribution in [0.25, 0.3) is 0 Å². The van der Waals surface area contributed by atoms with E-state index >= 15 is 0 Å². The van der Waals surface area contributed by atoms with E-state index in [1.165, 1.54) is 18.2 Å². The van der Waals surface area contributed by atoms with E-state index in [0.717, 1.165) is 6.08 Å². The number of nitro benzene ring substituents is 1. The van der Waals surface area contributed by atoms with Crippen molar-refractivity contribution in [1.82, 2.24) is 0 Å². The van der Waals surface area contributed by atoms with Crippen LogP contribution in [-0.4, -0.2) is 10.9 Å². The maximum Gasteiger partial charge on any atom is 0.330 e. The van der Waals surface area contributed by atoms with E-state index in [0.29, 0.717) is 5.56 Å². The molecule has 0 spiro atoms. The van der Waals surface area contributed by atoms with Crippen LogP contribution in [0.1, 0.15) is 5.56 Å². The maximum atomic E-state index is 10.7. The molecule has 0 bridgehead atoms. The van der Waals surface area contributed by atoms with Crippen LogP contribution in [0.4, 0.5) is 5.69 Å². The van der Waals surface area contributed by atoms with Crippen LogP contribution in [0.5, 0.6) is 0 Å². The van der Waals surface area contributed by atoms with Gasteiger partial charge in [0.05, 0.1) is 4.92 Å². The van der Waals surface area contributed by atoms with Gasteiger partial charge in [0.1, 0.15) is 6.61 Å². The first-order chi connectivity index (χ1) is 7.13. The minimum absolute atomic E-state index is 0.00648. The molecule has 0 N–H and O–H groups in total. The molecule has 0 aliphatic heterocycles. The van der Waals surface area contributed by atoms with Gasteiger partial charge in [-0.25, -0.2) is 4.79 Å². The third-order valence-electron chi connectivity index (χ3n) is 1.67. The van der Waals surface area contributed by atoms with Gasteiger partial charge in [0.2, 0.25) is 0 Å². The normalized spacial score (nSPS) is 9.33. The Hall–Kier alpha value is -2.17. The molecule has 0 saturated carbocycles. The summed E-state index contributed by atoms with van der Waals surface area (Å²) in [6, 6.07) is 5.91. The number of carbonyl (C=O) groups excluding carboxylic acids is 1. The molecular weight excluding hydrogens is 198 g/mol. The smallest absolute Gasteiger partial charge is 0.330 e. The SMILES string of the molecule is C=CC(=O)OCc1cccc([N+](=O)[O-])c1. The monoisotopic (exact) mass is 207 g/mol. The fraction of sp³-hybridized carbons (Fsp3) is 0.100. The van der Waals surface area contributed by atoms with Crippen LogP contribution < -0.4 is 0 Å². The standard InChI is InChI=1S/C10H9NO4/c1-2-10(12)15-7-8-4-3-5-9(6-8)11(13)14/h2-6H,1,7H2. The Labute approximate surface area is 86.1 Å². The molecule has 0 aromatic heterocycles. The van der Waals surface area contributed by atoms with Crippen molar-refractivity contribution in [2.24, 2.45) is 0 Å². The molecule has 0 amide bonds. The first-order valence-electron chi connectivity index (χ1n) is 4.16. The third kappa shape index (κ3) is 3.22. The van der Waals surface area contributed by atoms with Crippen LogP contribution in [-0.2, 0) is 16.1 Å². The highest BCUT2D eigenvalue weighted by Gasteiger charge is 2.06. The number of rotatable bonds is 4. The van der Waals surface area contributed by atoms with Crippen LogP contribution in [0, 0.1) is 10.1 Å². The van der Waals surface area contributed by atoms with Crippen molar-refractivity contribution in [3.63, 3.8) is 0 Å². The number of non-ortho nitro benzene ring substituents is 1. The highest BCUT2D eigenvalue weighted by molar-refractivity contribution is 5.81. The molecule has 5 nitrogen and oxygen atoms in total. The fourth-order valence-electron chi connectivity index (χ4n) is 0.973. The van der Waals surface area contributed by atoms with Crippen molar-refractivity contribution in [3.05, 3.63) is 52.6 Å². The summed E-state index contributed by atoms with van der Waals surface area (Å²) < 4.78 is 4.73. The van der Waals surface area contributed by atoms with E-state index in [9.17, 15) is 14.9 Å². The van der Waals surface area contributed by atoms with Crippen LogP contribution >= 0.6 is 0 Å². The number of hydrogen-bond acceptors (Lipinski definition) is 4. The Morgan fingerprint density at radius 3 is 2.93 bits per heavy atom. The number of carbonyl (C=O) groups is 1. The predicted molar refractivity (Wildman–Crippen MR) is 53.1 cm³/mol. The van der Waals surface area contributed by atoms with Gasteiger partial charge < -0.3 is 4.74 Å². The molecule has 0 atom stereocenters. The highest BCUT2D eigenvalue weighted by Crippen LogP contribution is 2.13. The average molecular weight is 207 g/mol. The second-order valence-electron chi connectivity index (χ2n) is 2.74. The van der Waals surface area contributed by atoms with Gasteiger partial charge in [0.25, 0.3) is 5.69 Å². The lowest BCUT2D eigenvalue weighted by molar-refractivity contribution is -0.384. The second-order valence-corrected chi connectivity index (χ2v) is 2.74. The zero-order valence-electron chi connectivity index (χ0n) is 7.88. The molecule has 78 valence electrons. The number of esters is 1. The molecule has 0 fully saturated rings. The summed E-state index contributed by atoms with van der Waals surface area (Å²) in [6.45, 7) is 3.24. The highest BCUT2D eigenvalue weighted by atomic mass is 16.6. The van der Waals surface area contributed by atoms with Crippen LogP contribution in [0.3, 0.4) is 0 Å². The van der Waals surface area contributed by atoms with Crippen LogP contribution in [0.15, 0.2) is 36.9 Å². The summed E-state index contributed by atoms with van der Waals surface area (Å²) in [7, 11) is 0. The number of nitro groups is 1. The molecule has 0 saturated heterocycles. The van der Waals surface area contributed by atoms with Crippen molar-refractivity contribution in [1.29, 1.82) is 0 Å². The summed E-state index contributed by atoms with van der Waals surface area (Å²) in [4.78, 5) is 20.7. The van der Waals surface area contributed by atoms with Crippen molar-refractivity contribution < 1.29 is 14.5 Å². The largest absolute Gasteiger partial charge is 0.458 e. The first-order valence-corrected chi connectivity index (χ1v) is 4.16. The maximum absolute atomic E-state index is 10.7. The van der Waals surface area contributed by atoms with Gasteiger partial charge in [-0.15, -0.1) is 0 Å². The zero-order valence-corrected chi connectivity index (χ0v) is 7.88. The molecule has 1 aromatic rings. The van der Waals surface area contributed by atoms with E-state index in [1.54, 1.807) is 6.07 Å². The van der Waals surface area contributed by atoms with E-state index < -0.39 is 10.9 Å². The zero-order chi connectivity index (χ0) is 11.3. The Balaban J connectivity index is 2.69. The van der Waals surface area contributed by atoms with E-state index in [4.69, 9.17) is 4.74 Å². The molecule has 15 heavy (non-hydrogen) atoms. The Morgan fingerprint density at radius 2 is 2.33 bits per heavy atom. The van der Waals surface area contributed by atoms with Gasteiger partial charge in [0, 0.05) is 18.2 Å². The van der Waals surface area contributed by atoms with Gasteiger partial charge in [-0.3, -0.25) is 10.1 Å². The van der Waals surface area contributed by atoms with Gasteiger partial charge in [-0.1, -0.05) is 18.7 Å². The minimum Gasteiger partial charge on any atom is -0.458 e. The van der Waals surface area contributed by atoms with Gasteiger partial charge in [-0.2, -0.15) is 0 Å². The molecule has 0 aliphatic carbocycles. The predicted octanol–water partition coefficient (Wildman–Crippen LogP) is 1.82. The minimum atomic E-state index is -0.554. The molecule has 0 aliphatic rings. The van der Waals surface area contributed by atoms with Gasteiger partial charge >= 0.3 is 5.97 Å². The summed E-state index contributed by atoms with van der Waals surface area (Å²) in [5.41, 5.74) is 0.543. The third-order valence-corrected chi connectivity index (χ3v) is 1.67. The lowest BCUT2D eigenvalue weighted by atomic mass is 10.2. The number of ether oxygens (including phenoxy) is 1. The average Bonchev–Trinajstić information content (AvgIpc) is 2.26. The first kappa shape index (κ1) is 10.9.